The first kappa shape index (κ1) is 21.2. The monoisotopic (exact) mass is 405 g/mol. The number of nitrogens with zero attached hydrogens (tertiary/aromatic N) is 2. The first-order valence-corrected chi connectivity index (χ1v) is 9.88. The van der Waals surface area contributed by atoms with Gasteiger partial charge in [0, 0.05) is 18.2 Å². The average Bonchev–Trinajstić information content (AvgIpc) is 3.11. The number of ether oxygens (including phenoxy) is 2. The zero-order chi connectivity index (χ0) is 21.5. The molecule has 0 atom stereocenters. The van der Waals surface area contributed by atoms with Crippen LogP contribution in [0.2, 0.25) is 0 Å². The lowest BCUT2D eigenvalue weighted by Crippen LogP contribution is -2.09. The molecule has 0 aliphatic rings. The molecule has 0 saturated carbocycles. The van der Waals surface area contributed by atoms with Crippen molar-refractivity contribution in [2.75, 3.05) is 12.4 Å². The summed E-state index contributed by atoms with van der Waals surface area (Å²) < 4.78 is 13.2. The summed E-state index contributed by atoms with van der Waals surface area (Å²) in [7, 11) is 1.63. The van der Waals surface area contributed by atoms with Gasteiger partial charge in [-0.25, -0.2) is 0 Å². The molecule has 2 aromatic carbocycles. The van der Waals surface area contributed by atoms with Crippen LogP contribution in [-0.2, 0) is 17.9 Å². The third-order valence-electron chi connectivity index (χ3n) is 4.81. The first-order valence-electron chi connectivity index (χ1n) is 9.88. The van der Waals surface area contributed by atoms with Gasteiger partial charge < -0.3 is 14.8 Å². The van der Waals surface area contributed by atoms with Crippen LogP contribution in [0.1, 0.15) is 29.3 Å². The highest BCUT2D eigenvalue weighted by Crippen LogP contribution is 2.23. The Bertz CT molecular complexity index is 1040. The number of anilines is 1. The zero-order valence-electron chi connectivity index (χ0n) is 17.8. The summed E-state index contributed by atoms with van der Waals surface area (Å²) in [5, 5.41) is 7.10. The highest BCUT2D eigenvalue weighted by molar-refractivity contribution is 6.02. The number of carbonyl (C=O) groups is 1. The molecule has 0 radical (unpaired) electrons. The van der Waals surface area contributed by atoms with Crippen molar-refractivity contribution in [2.24, 2.45) is 0 Å². The minimum absolute atomic E-state index is 0.206. The maximum Gasteiger partial charge on any atom is 0.248 e. The lowest BCUT2D eigenvalue weighted by atomic mass is 10.1. The SMILES string of the molecule is CCn1ncc(NC(=O)/C=C/c2ccc(OC)c(COc3ccc(C)cc3)c2)c1C. The summed E-state index contributed by atoms with van der Waals surface area (Å²) in [5.41, 5.74) is 4.62. The normalized spacial score (nSPS) is 10.9. The average molecular weight is 405 g/mol. The van der Waals surface area contributed by atoms with Crippen LogP contribution in [0.3, 0.4) is 0 Å². The Morgan fingerprint density at radius 2 is 1.93 bits per heavy atom. The maximum absolute atomic E-state index is 12.3. The summed E-state index contributed by atoms with van der Waals surface area (Å²) in [5.74, 6) is 1.33. The Kier molecular flexibility index (Phi) is 6.91. The molecule has 1 N–H and O–H groups in total. The largest absolute Gasteiger partial charge is 0.496 e. The number of rotatable bonds is 8. The summed E-state index contributed by atoms with van der Waals surface area (Å²) in [4.78, 5) is 12.3. The number of amides is 1. The lowest BCUT2D eigenvalue weighted by Gasteiger charge is -2.11. The summed E-state index contributed by atoms with van der Waals surface area (Å²) >= 11 is 0. The molecule has 3 rings (SSSR count). The maximum atomic E-state index is 12.3. The Labute approximate surface area is 177 Å². The molecule has 1 heterocycles. The number of benzene rings is 2. The molecule has 0 aliphatic heterocycles. The highest BCUT2D eigenvalue weighted by Gasteiger charge is 2.08. The van der Waals surface area contributed by atoms with Crippen molar-refractivity contribution in [3.8, 4) is 11.5 Å². The fourth-order valence-electron chi connectivity index (χ4n) is 3.04. The summed E-state index contributed by atoms with van der Waals surface area (Å²) in [6.45, 7) is 7.11. The molecule has 30 heavy (non-hydrogen) atoms. The van der Waals surface area contributed by atoms with Gasteiger partial charge in [0.05, 0.1) is 24.7 Å². The predicted molar refractivity (Wildman–Crippen MR) is 119 cm³/mol. The smallest absolute Gasteiger partial charge is 0.248 e. The molecule has 0 spiro atoms. The Morgan fingerprint density at radius 1 is 1.17 bits per heavy atom. The number of hydrogen-bond acceptors (Lipinski definition) is 4. The fourth-order valence-corrected chi connectivity index (χ4v) is 3.04. The number of aryl methyl sites for hydroxylation is 2. The van der Waals surface area contributed by atoms with Crippen molar-refractivity contribution >= 4 is 17.7 Å². The van der Waals surface area contributed by atoms with Crippen molar-refractivity contribution in [3.63, 3.8) is 0 Å². The molecule has 0 aliphatic carbocycles. The van der Waals surface area contributed by atoms with Crippen molar-refractivity contribution in [1.29, 1.82) is 0 Å². The Balaban J connectivity index is 1.67. The number of aromatic nitrogens is 2. The van der Waals surface area contributed by atoms with Crippen LogP contribution in [0, 0.1) is 13.8 Å². The van der Waals surface area contributed by atoms with E-state index in [9.17, 15) is 4.79 Å². The van der Waals surface area contributed by atoms with Crippen molar-refractivity contribution < 1.29 is 14.3 Å². The van der Waals surface area contributed by atoms with E-state index in [4.69, 9.17) is 9.47 Å². The van der Waals surface area contributed by atoms with Gasteiger partial charge in [-0.1, -0.05) is 23.8 Å². The van der Waals surface area contributed by atoms with Crippen LogP contribution >= 0.6 is 0 Å². The third-order valence-corrected chi connectivity index (χ3v) is 4.81. The fraction of sp³-hybridized carbons (Fsp3) is 0.250. The standard InChI is InChI=1S/C24H27N3O3/c1-5-27-18(3)22(15-25-27)26-24(28)13-9-19-8-12-23(29-4)20(14-19)16-30-21-10-6-17(2)7-11-21/h6-15H,5,16H2,1-4H3,(H,26,28)/b13-9+. The second kappa shape index (κ2) is 9.78. The molecule has 0 bridgehead atoms. The van der Waals surface area contributed by atoms with Crippen molar-refractivity contribution in [1.82, 2.24) is 9.78 Å². The van der Waals surface area contributed by atoms with Gasteiger partial charge in [0.15, 0.2) is 0 Å². The molecule has 3 aromatic rings. The highest BCUT2D eigenvalue weighted by atomic mass is 16.5. The molecular weight excluding hydrogens is 378 g/mol. The van der Waals surface area contributed by atoms with E-state index in [1.54, 1.807) is 19.4 Å². The van der Waals surface area contributed by atoms with E-state index in [-0.39, 0.29) is 5.91 Å². The molecule has 0 saturated heterocycles. The molecule has 1 aromatic heterocycles. The van der Waals surface area contributed by atoms with E-state index in [2.05, 4.69) is 10.4 Å². The van der Waals surface area contributed by atoms with Gasteiger partial charge in [0.2, 0.25) is 5.91 Å². The Morgan fingerprint density at radius 3 is 2.60 bits per heavy atom. The molecule has 0 unspecified atom stereocenters. The molecule has 0 fully saturated rings. The van der Waals surface area contributed by atoms with Crippen molar-refractivity contribution in [2.45, 2.75) is 33.9 Å². The number of carbonyl (C=O) groups excluding carboxylic acids is 1. The second-order valence-electron chi connectivity index (χ2n) is 6.96. The van der Waals surface area contributed by atoms with Gasteiger partial charge in [0.1, 0.15) is 18.1 Å². The molecule has 6 heteroatoms. The second-order valence-corrected chi connectivity index (χ2v) is 6.96. The molecule has 156 valence electrons. The molecular formula is C24H27N3O3. The van der Waals surface area contributed by atoms with E-state index in [0.29, 0.717) is 12.3 Å². The van der Waals surface area contributed by atoms with Gasteiger partial charge in [-0.15, -0.1) is 0 Å². The molecule has 1 amide bonds. The van der Waals surface area contributed by atoms with Crippen LogP contribution in [0.15, 0.2) is 54.7 Å². The van der Waals surface area contributed by atoms with Crippen molar-refractivity contribution in [3.05, 3.63) is 77.1 Å². The third kappa shape index (κ3) is 5.29. The topological polar surface area (TPSA) is 65.4 Å². The van der Waals surface area contributed by atoms with Crippen LogP contribution in [0.4, 0.5) is 5.69 Å². The zero-order valence-corrected chi connectivity index (χ0v) is 17.8. The minimum atomic E-state index is -0.206. The van der Waals surface area contributed by atoms with E-state index in [1.807, 2.05) is 67.9 Å². The first-order chi connectivity index (χ1) is 14.5. The predicted octanol–water partition coefficient (Wildman–Crippen LogP) is 4.76. The molecule has 6 nitrogen and oxygen atoms in total. The van der Waals surface area contributed by atoms with Crippen LogP contribution in [0.25, 0.3) is 6.08 Å². The van der Waals surface area contributed by atoms with Crippen LogP contribution in [0.5, 0.6) is 11.5 Å². The van der Waals surface area contributed by atoms with Gasteiger partial charge in [-0.2, -0.15) is 5.10 Å². The number of hydrogen-bond donors (Lipinski definition) is 1. The van der Waals surface area contributed by atoms with E-state index in [0.717, 1.165) is 34.9 Å². The summed E-state index contributed by atoms with van der Waals surface area (Å²) in [6.07, 6.45) is 4.94. The van der Waals surface area contributed by atoms with Crippen LogP contribution < -0.4 is 14.8 Å². The number of methoxy groups -OCH3 is 1. The van der Waals surface area contributed by atoms with Gasteiger partial charge in [-0.3, -0.25) is 9.48 Å². The van der Waals surface area contributed by atoms with Crippen LogP contribution in [-0.4, -0.2) is 22.8 Å². The lowest BCUT2D eigenvalue weighted by molar-refractivity contribution is -0.111. The summed E-state index contributed by atoms with van der Waals surface area (Å²) in [6, 6.07) is 13.6. The van der Waals surface area contributed by atoms with Gasteiger partial charge >= 0.3 is 0 Å². The van der Waals surface area contributed by atoms with Gasteiger partial charge in [0.25, 0.3) is 0 Å². The minimum Gasteiger partial charge on any atom is -0.496 e. The van der Waals surface area contributed by atoms with E-state index >= 15 is 0 Å². The number of nitrogens with one attached hydrogen (secondary N) is 1. The van der Waals surface area contributed by atoms with Gasteiger partial charge in [-0.05, 0) is 56.7 Å². The quantitative estimate of drug-likeness (QED) is 0.549. The Hall–Kier alpha value is -3.54. The van der Waals surface area contributed by atoms with E-state index in [1.165, 1.54) is 11.6 Å². The van der Waals surface area contributed by atoms with E-state index < -0.39 is 0 Å².